The number of carbonyl (C=O) groups excluding carboxylic acids is 1. The number of rotatable bonds is 8. The van der Waals surface area contributed by atoms with E-state index in [-0.39, 0.29) is 19.5 Å². The van der Waals surface area contributed by atoms with E-state index in [1.54, 1.807) is 19.1 Å². The van der Waals surface area contributed by atoms with Crippen molar-refractivity contribution in [3.05, 3.63) is 48.2 Å². The SMILES string of the molecule is CCOC(=O)c1ccc(-n2cc(N)c3ccc(OC(C)C)cc32)cc1OCOC. The Morgan fingerprint density at radius 1 is 1.17 bits per heavy atom. The number of fused-ring (bicyclic) bond motifs is 1. The van der Waals surface area contributed by atoms with Gasteiger partial charge in [-0.1, -0.05) is 0 Å². The van der Waals surface area contributed by atoms with Crippen LogP contribution in [-0.4, -0.2) is 37.1 Å². The molecule has 0 saturated heterocycles. The van der Waals surface area contributed by atoms with Crippen LogP contribution in [0, 0.1) is 0 Å². The average Bonchev–Trinajstić information content (AvgIpc) is 3.02. The molecule has 2 N–H and O–H groups in total. The van der Waals surface area contributed by atoms with Crippen molar-refractivity contribution in [1.29, 1.82) is 0 Å². The van der Waals surface area contributed by atoms with Gasteiger partial charge in [0.2, 0.25) is 0 Å². The third kappa shape index (κ3) is 4.46. The largest absolute Gasteiger partial charge is 0.491 e. The molecule has 0 unspecified atom stereocenters. The smallest absolute Gasteiger partial charge is 0.341 e. The molecule has 0 atom stereocenters. The third-order valence-corrected chi connectivity index (χ3v) is 4.25. The molecule has 0 radical (unpaired) electrons. The number of anilines is 1. The van der Waals surface area contributed by atoms with Gasteiger partial charge in [0.15, 0.2) is 6.79 Å². The van der Waals surface area contributed by atoms with Crippen molar-refractivity contribution in [3.63, 3.8) is 0 Å². The van der Waals surface area contributed by atoms with Gasteiger partial charge in [-0.2, -0.15) is 0 Å². The first-order chi connectivity index (χ1) is 13.9. The summed E-state index contributed by atoms with van der Waals surface area (Å²) in [4.78, 5) is 12.3. The summed E-state index contributed by atoms with van der Waals surface area (Å²) in [6.45, 7) is 6.00. The number of carbonyl (C=O) groups is 1. The first kappa shape index (κ1) is 20.5. The van der Waals surface area contributed by atoms with Gasteiger partial charge >= 0.3 is 5.97 Å². The summed E-state index contributed by atoms with van der Waals surface area (Å²) in [7, 11) is 1.52. The molecule has 0 spiro atoms. The van der Waals surface area contributed by atoms with Crippen molar-refractivity contribution < 1.29 is 23.7 Å². The lowest BCUT2D eigenvalue weighted by Gasteiger charge is -2.14. The van der Waals surface area contributed by atoms with E-state index >= 15 is 0 Å². The molecule has 0 aliphatic rings. The normalized spacial score (nSPS) is 11.1. The Kier molecular flexibility index (Phi) is 6.29. The number of esters is 1. The van der Waals surface area contributed by atoms with E-state index < -0.39 is 5.97 Å². The molecule has 7 nitrogen and oxygen atoms in total. The van der Waals surface area contributed by atoms with Gasteiger partial charge in [0.1, 0.15) is 17.1 Å². The lowest BCUT2D eigenvalue weighted by Crippen LogP contribution is -2.10. The van der Waals surface area contributed by atoms with Crippen molar-refractivity contribution in [2.75, 3.05) is 26.2 Å². The summed E-state index contributed by atoms with van der Waals surface area (Å²) >= 11 is 0. The number of nitrogen functional groups attached to an aromatic ring is 1. The highest BCUT2D eigenvalue weighted by atomic mass is 16.7. The zero-order valence-electron chi connectivity index (χ0n) is 17.1. The lowest BCUT2D eigenvalue weighted by molar-refractivity contribution is 0.0438. The quantitative estimate of drug-likeness (QED) is 0.453. The minimum Gasteiger partial charge on any atom is -0.491 e. The Morgan fingerprint density at radius 2 is 1.97 bits per heavy atom. The average molecular weight is 398 g/mol. The van der Waals surface area contributed by atoms with Crippen LogP contribution < -0.4 is 15.2 Å². The van der Waals surface area contributed by atoms with E-state index in [2.05, 4.69) is 0 Å². The van der Waals surface area contributed by atoms with E-state index in [1.165, 1.54) is 7.11 Å². The van der Waals surface area contributed by atoms with Crippen LogP contribution in [0.3, 0.4) is 0 Å². The van der Waals surface area contributed by atoms with Crippen LogP contribution in [0.2, 0.25) is 0 Å². The van der Waals surface area contributed by atoms with Gasteiger partial charge in [0.25, 0.3) is 0 Å². The van der Waals surface area contributed by atoms with Crippen molar-refractivity contribution in [1.82, 2.24) is 4.57 Å². The maximum absolute atomic E-state index is 12.3. The van der Waals surface area contributed by atoms with Gasteiger partial charge in [0.05, 0.1) is 23.9 Å². The molecule has 2 aromatic carbocycles. The fourth-order valence-electron chi connectivity index (χ4n) is 3.07. The summed E-state index contributed by atoms with van der Waals surface area (Å²) in [5.74, 6) is 0.679. The van der Waals surface area contributed by atoms with Gasteiger partial charge in [-0.3, -0.25) is 0 Å². The zero-order chi connectivity index (χ0) is 21.0. The minimum absolute atomic E-state index is 0.0107. The fourth-order valence-corrected chi connectivity index (χ4v) is 3.07. The molecule has 0 amide bonds. The molecule has 0 aliphatic carbocycles. The van der Waals surface area contributed by atoms with Crippen LogP contribution in [0.25, 0.3) is 16.6 Å². The van der Waals surface area contributed by atoms with Crippen LogP contribution in [0.4, 0.5) is 5.69 Å². The third-order valence-electron chi connectivity index (χ3n) is 4.25. The zero-order valence-corrected chi connectivity index (χ0v) is 17.1. The molecule has 0 bridgehead atoms. The van der Waals surface area contributed by atoms with Gasteiger partial charge in [-0.25, -0.2) is 4.79 Å². The number of hydrogen-bond donors (Lipinski definition) is 1. The van der Waals surface area contributed by atoms with E-state index in [1.807, 2.05) is 48.9 Å². The first-order valence-electron chi connectivity index (χ1n) is 9.45. The summed E-state index contributed by atoms with van der Waals surface area (Å²) in [5.41, 5.74) is 8.87. The predicted octanol–water partition coefficient (Wildman–Crippen LogP) is 4.16. The predicted molar refractivity (Wildman–Crippen MR) is 112 cm³/mol. The van der Waals surface area contributed by atoms with Crippen LogP contribution in [0.15, 0.2) is 42.6 Å². The molecule has 7 heteroatoms. The molecule has 3 rings (SSSR count). The first-order valence-corrected chi connectivity index (χ1v) is 9.45. The Labute approximate surface area is 169 Å². The summed E-state index contributed by atoms with van der Waals surface area (Å²) in [5, 5.41) is 0.912. The highest BCUT2D eigenvalue weighted by Gasteiger charge is 2.17. The van der Waals surface area contributed by atoms with Crippen LogP contribution in [-0.2, 0) is 9.47 Å². The molecular weight excluding hydrogens is 372 g/mol. The maximum atomic E-state index is 12.3. The van der Waals surface area contributed by atoms with Crippen molar-refractivity contribution >= 4 is 22.6 Å². The number of nitrogens with two attached hydrogens (primary N) is 1. The standard InChI is InChI=1S/C22H26N2O5/c1-5-27-22(25)18-8-6-15(10-21(18)28-13-26-4)24-12-19(23)17-9-7-16(11-20(17)24)29-14(2)3/h6-12,14H,5,13,23H2,1-4H3. The molecule has 0 fully saturated rings. The summed E-state index contributed by atoms with van der Waals surface area (Å²) in [6.07, 6.45) is 1.90. The highest BCUT2D eigenvalue weighted by Crippen LogP contribution is 2.32. The molecule has 154 valence electrons. The molecular formula is C22H26N2O5. The monoisotopic (exact) mass is 398 g/mol. The van der Waals surface area contributed by atoms with Gasteiger partial charge in [-0.05, 0) is 45.0 Å². The van der Waals surface area contributed by atoms with Crippen LogP contribution in [0.5, 0.6) is 11.5 Å². The molecule has 1 aromatic heterocycles. The topological polar surface area (TPSA) is 84.9 Å². The molecule has 0 aliphatic heterocycles. The molecule has 1 heterocycles. The van der Waals surface area contributed by atoms with Crippen LogP contribution in [0.1, 0.15) is 31.1 Å². The van der Waals surface area contributed by atoms with E-state index in [0.717, 1.165) is 22.3 Å². The number of methoxy groups -OCH3 is 1. The Bertz CT molecular complexity index is 1010. The Balaban J connectivity index is 2.09. The lowest BCUT2D eigenvalue weighted by atomic mass is 10.1. The van der Waals surface area contributed by atoms with E-state index in [4.69, 9.17) is 24.7 Å². The second kappa shape index (κ2) is 8.87. The van der Waals surface area contributed by atoms with Crippen molar-refractivity contribution in [2.45, 2.75) is 26.9 Å². The molecule has 0 saturated carbocycles. The van der Waals surface area contributed by atoms with E-state index in [0.29, 0.717) is 17.0 Å². The number of aromatic nitrogens is 1. The molecule has 3 aromatic rings. The Hall–Kier alpha value is -3.19. The highest BCUT2D eigenvalue weighted by molar-refractivity contribution is 5.95. The second-order valence-electron chi connectivity index (χ2n) is 6.75. The van der Waals surface area contributed by atoms with Gasteiger partial charge in [0, 0.05) is 36.5 Å². The fraction of sp³-hybridized carbons (Fsp3) is 0.318. The molecule has 29 heavy (non-hydrogen) atoms. The minimum atomic E-state index is -0.449. The Morgan fingerprint density at radius 3 is 2.66 bits per heavy atom. The summed E-state index contributed by atoms with van der Waals surface area (Å²) in [6, 6.07) is 11.0. The van der Waals surface area contributed by atoms with Crippen molar-refractivity contribution in [3.8, 4) is 17.2 Å². The van der Waals surface area contributed by atoms with Gasteiger partial charge in [-0.15, -0.1) is 0 Å². The summed E-state index contributed by atoms with van der Waals surface area (Å²) < 4.78 is 23.5. The van der Waals surface area contributed by atoms with Crippen molar-refractivity contribution in [2.24, 2.45) is 0 Å². The van der Waals surface area contributed by atoms with Crippen LogP contribution >= 0.6 is 0 Å². The maximum Gasteiger partial charge on any atom is 0.341 e. The number of benzene rings is 2. The number of hydrogen-bond acceptors (Lipinski definition) is 6. The van der Waals surface area contributed by atoms with Gasteiger partial charge < -0.3 is 29.2 Å². The number of nitrogens with zero attached hydrogens (tertiary/aromatic N) is 1. The number of ether oxygens (including phenoxy) is 4. The second-order valence-corrected chi connectivity index (χ2v) is 6.75. The van der Waals surface area contributed by atoms with E-state index in [9.17, 15) is 4.79 Å².